The van der Waals surface area contributed by atoms with E-state index in [9.17, 15) is 23.1 Å². The molecule has 12 heteroatoms. The summed E-state index contributed by atoms with van der Waals surface area (Å²) in [7, 11) is 1.71. The van der Waals surface area contributed by atoms with Crippen LogP contribution in [-0.4, -0.2) is 30.8 Å². The van der Waals surface area contributed by atoms with Gasteiger partial charge in [-0.25, -0.2) is 18.7 Å². The Hall–Kier alpha value is -3.25. The number of hydrogen-bond acceptors (Lipinski definition) is 7. The van der Waals surface area contributed by atoms with Crippen molar-refractivity contribution in [2.24, 2.45) is 7.05 Å². The molecule has 0 bridgehead atoms. The Kier molecular flexibility index (Phi) is 5.50. The number of carbonyl (C=O) groups is 1. The second kappa shape index (κ2) is 8.12. The van der Waals surface area contributed by atoms with Crippen molar-refractivity contribution >= 4 is 28.6 Å². The summed E-state index contributed by atoms with van der Waals surface area (Å²) in [6.45, 7) is 1.96. The summed E-state index contributed by atoms with van der Waals surface area (Å²) in [4.78, 5) is 21.5. The van der Waals surface area contributed by atoms with Gasteiger partial charge in [-0.3, -0.25) is 9.48 Å². The standard InChI is InChI=1S/C19H14F3N5O2S2/c1-8-17(31-13(25-8)5-23-18(29)9-4-24-27(2)6-9)12-7-30-19(26-12)10-3-11(20)16(28)15(22)14(10)21/h3-4,6-7,28H,5H2,1-2H3,(H,23,29). The van der Waals surface area contributed by atoms with Crippen molar-refractivity contribution in [3.63, 3.8) is 0 Å². The number of carbonyl (C=O) groups excluding carboxylic acids is 1. The largest absolute Gasteiger partial charge is 0.503 e. The van der Waals surface area contributed by atoms with E-state index >= 15 is 0 Å². The van der Waals surface area contributed by atoms with Gasteiger partial charge >= 0.3 is 0 Å². The van der Waals surface area contributed by atoms with Gasteiger partial charge in [-0.2, -0.15) is 9.49 Å². The van der Waals surface area contributed by atoms with Gasteiger partial charge < -0.3 is 10.4 Å². The van der Waals surface area contributed by atoms with Crippen LogP contribution in [0.1, 0.15) is 21.1 Å². The van der Waals surface area contributed by atoms with Crippen molar-refractivity contribution in [1.82, 2.24) is 25.1 Å². The number of halogens is 3. The van der Waals surface area contributed by atoms with Crippen molar-refractivity contribution in [1.29, 1.82) is 0 Å². The lowest BCUT2D eigenvalue weighted by molar-refractivity contribution is 0.0950. The highest BCUT2D eigenvalue weighted by atomic mass is 32.1. The van der Waals surface area contributed by atoms with E-state index < -0.39 is 23.2 Å². The number of aryl methyl sites for hydroxylation is 2. The van der Waals surface area contributed by atoms with Crippen LogP contribution in [-0.2, 0) is 13.6 Å². The molecule has 4 rings (SSSR count). The summed E-state index contributed by atoms with van der Waals surface area (Å²) in [5, 5.41) is 18.2. The van der Waals surface area contributed by atoms with E-state index in [-0.39, 0.29) is 23.0 Å². The van der Waals surface area contributed by atoms with Gasteiger partial charge in [0, 0.05) is 18.6 Å². The van der Waals surface area contributed by atoms with E-state index in [0.717, 1.165) is 11.3 Å². The van der Waals surface area contributed by atoms with Gasteiger partial charge in [0.25, 0.3) is 5.91 Å². The van der Waals surface area contributed by atoms with E-state index in [1.165, 1.54) is 22.2 Å². The third-order valence-corrected chi connectivity index (χ3v) is 6.37. The maximum atomic E-state index is 14.1. The molecule has 1 aromatic carbocycles. The first-order chi connectivity index (χ1) is 14.7. The second-order valence-electron chi connectivity index (χ2n) is 6.53. The zero-order chi connectivity index (χ0) is 22.3. The Balaban J connectivity index is 1.55. The molecule has 0 radical (unpaired) electrons. The van der Waals surface area contributed by atoms with Gasteiger partial charge in [-0.15, -0.1) is 22.7 Å². The molecule has 3 aromatic heterocycles. The molecule has 31 heavy (non-hydrogen) atoms. The maximum Gasteiger partial charge on any atom is 0.254 e. The fourth-order valence-corrected chi connectivity index (χ4v) is 4.66. The lowest BCUT2D eigenvalue weighted by Crippen LogP contribution is -2.22. The number of phenolic OH excluding ortho intramolecular Hbond substituents is 1. The van der Waals surface area contributed by atoms with Crippen LogP contribution in [0.4, 0.5) is 13.2 Å². The van der Waals surface area contributed by atoms with Crippen molar-refractivity contribution in [2.75, 3.05) is 0 Å². The highest BCUT2D eigenvalue weighted by Crippen LogP contribution is 2.37. The quantitative estimate of drug-likeness (QED) is 0.434. The summed E-state index contributed by atoms with van der Waals surface area (Å²) in [5.41, 5.74) is 1.16. The van der Waals surface area contributed by atoms with Crippen LogP contribution in [0.3, 0.4) is 0 Å². The Morgan fingerprint density at radius 3 is 2.74 bits per heavy atom. The number of rotatable bonds is 5. The van der Waals surface area contributed by atoms with Gasteiger partial charge in [0.05, 0.1) is 40.1 Å². The van der Waals surface area contributed by atoms with Gasteiger partial charge in [0.15, 0.2) is 17.4 Å². The number of nitrogens with one attached hydrogen (secondary N) is 1. The lowest BCUT2D eigenvalue weighted by Gasteiger charge is -2.03. The Bertz CT molecular complexity index is 1300. The fourth-order valence-electron chi connectivity index (χ4n) is 2.80. The van der Waals surface area contributed by atoms with E-state index in [0.29, 0.717) is 32.9 Å². The number of benzene rings is 1. The van der Waals surface area contributed by atoms with Crippen LogP contribution in [0.25, 0.3) is 21.1 Å². The van der Waals surface area contributed by atoms with E-state index in [4.69, 9.17) is 0 Å². The van der Waals surface area contributed by atoms with Gasteiger partial charge in [0.2, 0.25) is 5.82 Å². The van der Waals surface area contributed by atoms with Crippen LogP contribution >= 0.6 is 22.7 Å². The SMILES string of the molecule is Cc1nc(CNC(=O)c2cnn(C)c2)sc1-c1csc(-c2cc(F)c(O)c(F)c2F)n1. The summed E-state index contributed by atoms with van der Waals surface area (Å²) < 4.78 is 43.0. The van der Waals surface area contributed by atoms with Crippen molar-refractivity contribution in [3.05, 3.63) is 57.6 Å². The molecule has 4 aromatic rings. The minimum atomic E-state index is -1.66. The average molecular weight is 465 g/mol. The molecule has 160 valence electrons. The highest BCUT2D eigenvalue weighted by molar-refractivity contribution is 7.16. The fraction of sp³-hybridized carbons (Fsp3) is 0.158. The average Bonchev–Trinajstić information content (AvgIpc) is 3.47. The molecule has 0 atom stereocenters. The molecule has 3 heterocycles. The molecular weight excluding hydrogens is 451 g/mol. The van der Waals surface area contributed by atoms with Crippen LogP contribution in [0.5, 0.6) is 5.75 Å². The number of nitrogens with zero attached hydrogens (tertiary/aromatic N) is 4. The van der Waals surface area contributed by atoms with Crippen LogP contribution in [0.2, 0.25) is 0 Å². The minimum absolute atomic E-state index is 0.0598. The third-order valence-electron chi connectivity index (χ3n) is 4.31. The molecule has 7 nitrogen and oxygen atoms in total. The zero-order valence-corrected chi connectivity index (χ0v) is 17.7. The lowest BCUT2D eigenvalue weighted by atomic mass is 10.2. The number of phenols is 1. The summed E-state index contributed by atoms with van der Waals surface area (Å²) >= 11 is 2.30. The molecule has 0 unspecified atom stereocenters. The number of amides is 1. The number of aromatic hydroxyl groups is 1. The first kappa shape index (κ1) is 21.0. The van der Waals surface area contributed by atoms with Crippen molar-refractivity contribution < 1.29 is 23.1 Å². The molecule has 2 N–H and O–H groups in total. The molecule has 0 aliphatic carbocycles. The smallest absolute Gasteiger partial charge is 0.254 e. The molecule has 0 aliphatic heterocycles. The molecule has 0 saturated heterocycles. The normalized spacial score (nSPS) is 11.1. The summed E-state index contributed by atoms with van der Waals surface area (Å²) in [5.74, 6) is -5.96. The minimum Gasteiger partial charge on any atom is -0.503 e. The second-order valence-corrected chi connectivity index (χ2v) is 8.47. The predicted molar refractivity (Wildman–Crippen MR) is 109 cm³/mol. The summed E-state index contributed by atoms with van der Waals surface area (Å²) in [6, 6.07) is 0.704. The Labute approximate surface area is 181 Å². The van der Waals surface area contributed by atoms with E-state index in [1.807, 2.05) is 0 Å². The Morgan fingerprint density at radius 1 is 1.26 bits per heavy atom. The predicted octanol–water partition coefficient (Wildman–Crippen LogP) is 4.03. The maximum absolute atomic E-state index is 14.1. The zero-order valence-electron chi connectivity index (χ0n) is 16.1. The monoisotopic (exact) mass is 465 g/mol. The van der Waals surface area contributed by atoms with Crippen molar-refractivity contribution in [3.8, 4) is 26.9 Å². The molecule has 1 amide bonds. The molecular formula is C19H14F3N5O2S2. The highest BCUT2D eigenvalue weighted by Gasteiger charge is 2.22. The first-order valence-corrected chi connectivity index (χ1v) is 10.5. The van der Waals surface area contributed by atoms with Crippen molar-refractivity contribution in [2.45, 2.75) is 13.5 Å². The summed E-state index contributed by atoms with van der Waals surface area (Å²) in [6.07, 6.45) is 3.05. The third kappa shape index (κ3) is 4.03. The van der Waals surface area contributed by atoms with E-state index in [1.54, 1.807) is 25.5 Å². The molecule has 0 aliphatic rings. The topological polar surface area (TPSA) is 92.9 Å². The van der Waals surface area contributed by atoms with Crippen LogP contribution in [0.15, 0.2) is 23.8 Å². The molecule has 0 fully saturated rings. The molecule has 0 saturated carbocycles. The Morgan fingerprint density at radius 2 is 2.03 bits per heavy atom. The molecule has 0 spiro atoms. The van der Waals surface area contributed by atoms with Gasteiger partial charge in [-0.05, 0) is 13.0 Å². The van der Waals surface area contributed by atoms with Crippen LogP contribution < -0.4 is 5.32 Å². The van der Waals surface area contributed by atoms with Crippen LogP contribution in [0, 0.1) is 24.4 Å². The van der Waals surface area contributed by atoms with Gasteiger partial charge in [-0.1, -0.05) is 0 Å². The van der Waals surface area contributed by atoms with E-state index in [2.05, 4.69) is 20.4 Å². The number of aromatic nitrogens is 4. The number of hydrogen-bond donors (Lipinski definition) is 2. The number of thiazole rings is 2. The first-order valence-electron chi connectivity index (χ1n) is 8.80. The van der Waals surface area contributed by atoms with Gasteiger partial charge in [0.1, 0.15) is 10.0 Å².